The lowest BCUT2D eigenvalue weighted by molar-refractivity contribution is 0.219. The van der Waals surface area contributed by atoms with Crippen LogP contribution in [0, 0.1) is 17.8 Å². The van der Waals surface area contributed by atoms with Gasteiger partial charge in [-0.25, -0.2) is 4.68 Å². The lowest BCUT2D eigenvalue weighted by Gasteiger charge is -2.14. The third-order valence-corrected chi connectivity index (χ3v) is 3.46. The molecule has 1 aliphatic rings. The predicted molar refractivity (Wildman–Crippen MR) is 69.6 cm³/mol. The fraction of sp³-hybridized carbons (Fsp3) is 0.500. The zero-order chi connectivity index (χ0) is 13.2. The summed E-state index contributed by atoms with van der Waals surface area (Å²) in [5.74, 6) is 2.36. The highest BCUT2D eigenvalue weighted by molar-refractivity contribution is 6.32. The zero-order valence-corrected chi connectivity index (χ0v) is 10.6. The summed E-state index contributed by atoms with van der Waals surface area (Å²) in [5.41, 5.74) is -0.147. The molecule has 1 fully saturated rings. The highest BCUT2D eigenvalue weighted by atomic mass is 35.5. The van der Waals surface area contributed by atoms with Crippen molar-refractivity contribution in [1.82, 2.24) is 9.78 Å². The highest BCUT2D eigenvalue weighted by Gasteiger charge is 2.41. The Morgan fingerprint density at radius 2 is 2.39 bits per heavy atom. The molecular weight excluding hydrogens is 254 g/mol. The van der Waals surface area contributed by atoms with E-state index in [4.69, 9.17) is 18.0 Å². The molecule has 0 saturated heterocycles. The van der Waals surface area contributed by atoms with Crippen LogP contribution in [0.4, 0.5) is 5.69 Å². The summed E-state index contributed by atoms with van der Waals surface area (Å²) < 4.78 is 1.17. The molecule has 0 atom stereocenters. The molecular formula is C12H14ClN3O2. The second-order valence-electron chi connectivity index (χ2n) is 4.55. The van der Waals surface area contributed by atoms with Crippen molar-refractivity contribution in [3.8, 4) is 12.3 Å². The first-order valence-electron chi connectivity index (χ1n) is 5.66. The van der Waals surface area contributed by atoms with Gasteiger partial charge in [0.2, 0.25) is 0 Å². The molecule has 1 aromatic rings. The van der Waals surface area contributed by atoms with Crippen LogP contribution in [-0.4, -0.2) is 28.0 Å². The van der Waals surface area contributed by atoms with Crippen LogP contribution in [0.25, 0.3) is 0 Å². The first-order chi connectivity index (χ1) is 8.62. The number of aliphatic hydroxyl groups excluding tert-OH is 1. The number of terminal acetylenes is 1. The van der Waals surface area contributed by atoms with Crippen LogP contribution < -0.4 is 10.9 Å². The number of nitrogens with one attached hydrogen (secondary N) is 1. The molecule has 2 N–H and O–H groups in total. The van der Waals surface area contributed by atoms with Crippen molar-refractivity contribution >= 4 is 17.3 Å². The summed E-state index contributed by atoms with van der Waals surface area (Å²) in [7, 11) is 0. The summed E-state index contributed by atoms with van der Waals surface area (Å²) in [6.45, 7) is 0.746. The molecule has 0 radical (unpaired) electrons. The average Bonchev–Trinajstić information content (AvgIpc) is 3.13. The number of rotatable bonds is 5. The van der Waals surface area contributed by atoms with Gasteiger partial charge in [0.25, 0.3) is 5.56 Å². The number of nitrogens with zero attached hydrogens (tertiary/aromatic N) is 2. The number of anilines is 1. The molecule has 0 aliphatic heterocycles. The van der Waals surface area contributed by atoms with E-state index in [-0.39, 0.29) is 29.1 Å². The molecule has 1 aliphatic carbocycles. The second-order valence-corrected chi connectivity index (χ2v) is 4.95. The van der Waals surface area contributed by atoms with E-state index < -0.39 is 0 Å². The third-order valence-electron chi connectivity index (χ3n) is 3.17. The Morgan fingerprint density at radius 1 is 1.67 bits per heavy atom. The van der Waals surface area contributed by atoms with Crippen LogP contribution in [0.5, 0.6) is 0 Å². The normalized spacial score (nSPS) is 16.1. The Hall–Kier alpha value is -1.51. The van der Waals surface area contributed by atoms with Gasteiger partial charge in [0, 0.05) is 12.0 Å². The average molecular weight is 268 g/mol. The molecule has 6 heteroatoms. The van der Waals surface area contributed by atoms with Gasteiger partial charge in [0.1, 0.15) is 12.2 Å². The van der Waals surface area contributed by atoms with Crippen LogP contribution in [0.15, 0.2) is 11.0 Å². The van der Waals surface area contributed by atoms with E-state index in [1.807, 2.05) is 0 Å². The fourth-order valence-corrected chi connectivity index (χ4v) is 1.86. The van der Waals surface area contributed by atoms with Gasteiger partial charge >= 0.3 is 0 Å². The fourth-order valence-electron chi connectivity index (χ4n) is 1.67. The van der Waals surface area contributed by atoms with E-state index in [2.05, 4.69) is 16.3 Å². The van der Waals surface area contributed by atoms with Gasteiger partial charge < -0.3 is 10.4 Å². The van der Waals surface area contributed by atoms with E-state index in [0.717, 1.165) is 12.8 Å². The third kappa shape index (κ3) is 2.50. The van der Waals surface area contributed by atoms with Crippen LogP contribution in [0.3, 0.4) is 0 Å². The minimum Gasteiger partial charge on any atom is -0.396 e. The maximum absolute atomic E-state index is 12.0. The molecule has 2 rings (SSSR count). The monoisotopic (exact) mass is 267 g/mol. The van der Waals surface area contributed by atoms with Crippen molar-refractivity contribution in [3.63, 3.8) is 0 Å². The van der Waals surface area contributed by atoms with Gasteiger partial charge in [-0.1, -0.05) is 17.5 Å². The molecule has 5 nitrogen and oxygen atoms in total. The molecule has 18 heavy (non-hydrogen) atoms. The van der Waals surface area contributed by atoms with Crippen LogP contribution in [0.1, 0.15) is 12.8 Å². The molecule has 96 valence electrons. The van der Waals surface area contributed by atoms with E-state index in [1.54, 1.807) is 0 Å². The van der Waals surface area contributed by atoms with Crippen molar-refractivity contribution in [2.45, 2.75) is 19.4 Å². The number of hydrogen-bond acceptors (Lipinski definition) is 4. The lowest BCUT2D eigenvalue weighted by Crippen LogP contribution is -2.28. The lowest BCUT2D eigenvalue weighted by atomic mass is 10.1. The Labute approximate surface area is 110 Å². The molecule has 1 heterocycles. The Balaban J connectivity index is 2.19. The summed E-state index contributed by atoms with van der Waals surface area (Å²) >= 11 is 5.94. The summed E-state index contributed by atoms with van der Waals surface area (Å²) in [6, 6.07) is 0. The largest absolute Gasteiger partial charge is 0.396 e. The first-order valence-corrected chi connectivity index (χ1v) is 6.03. The first kappa shape index (κ1) is 12.9. The molecule has 0 bridgehead atoms. The van der Waals surface area contributed by atoms with Crippen molar-refractivity contribution in [3.05, 3.63) is 21.6 Å². The molecule has 1 saturated carbocycles. The van der Waals surface area contributed by atoms with Crippen LogP contribution >= 0.6 is 11.6 Å². The predicted octanol–water partition coefficient (Wildman–Crippen LogP) is 0.714. The van der Waals surface area contributed by atoms with Gasteiger partial charge in [-0.2, -0.15) is 5.10 Å². The van der Waals surface area contributed by atoms with E-state index in [1.165, 1.54) is 10.9 Å². The summed E-state index contributed by atoms with van der Waals surface area (Å²) in [6.07, 6.45) is 8.46. The summed E-state index contributed by atoms with van der Waals surface area (Å²) in [4.78, 5) is 12.0. The number of aliphatic hydroxyl groups is 1. The Kier molecular flexibility index (Phi) is 3.60. The van der Waals surface area contributed by atoms with Crippen molar-refractivity contribution in [2.75, 3.05) is 18.5 Å². The number of aromatic nitrogens is 2. The van der Waals surface area contributed by atoms with Gasteiger partial charge in [0.05, 0.1) is 17.8 Å². The minimum atomic E-state index is -0.339. The van der Waals surface area contributed by atoms with Gasteiger partial charge in [-0.3, -0.25) is 4.79 Å². The quantitative estimate of drug-likeness (QED) is 0.772. The van der Waals surface area contributed by atoms with Crippen LogP contribution in [-0.2, 0) is 6.54 Å². The van der Waals surface area contributed by atoms with Crippen molar-refractivity contribution < 1.29 is 5.11 Å². The second kappa shape index (κ2) is 5.01. The topological polar surface area (TPSA) is 67.2 Å². The van der Waals surface area contributed by atoms with Gasteiger partial charge in [-0.05, 0) is 12.8 Å². The molecule has 0 unspecified atom stereocenters. The van der Waals surface area contributed by atoms with Crippen LogP contribution in [0.2, 0.25) is 5.02 Å². The molecule has 0 aromatic carbocycles. The highest BCUT2D eigenvalue weighted by Crippen LogP contribution is 2.44. The molecule has 0 spiro atoms. The number of hydrogen-bond donors (Lipinski definition) is 2. The van der Waals surface area contributed by atoms with E-state index in [0.29, 0.717) is 12.2 Å². The van der Waals surface area contributed by atoms with E-state index >= 15 is 0 Å². The molecule has 1 aromatic heterocycles. The standard InChI is InChI=1S/C12H14ClN3O2/c1-2-5-16-11(18)10(9(13)6-15-16)14-7-12(8-17)3-4-12/h1,6,14,17H,3-5,7-8H2. The summed E-state index contributed by atoms with van der Waals surface area (Å²) in [5, 5.41) is 16.3. The SMILES string of the molecule is C#CCn1ncc(Cl)c(NCC2(CO)CC2)c1=O. The zero-order valence-electron chi connectivity index (χ0n) is 9.82. The Bertz CT molecular complexity index is 543. The Morgan fingerprint density at radius 3 is 2.94 bits per heavy atom. The van der Waals surface area contributed by atoms with E-state index in [9.17, 15) is 9.90 Å². The van der Waals surface area contributed by atoms with Gasteiger partial charge in [0.15, 0.2) is 0 Å². The smallest absolute Gasteiger partial charge is 0.292 e. The van der Waals surface area contributed by atoms with Crippen molar-refractivity contribution in [1.29, 1.82) is 0 Å². The minimum absolute atomic E-state index is 0.101. The maximum Gasteiger partial charge on any atom is 0.292 e. The number of halogens is 1. The van der Waals surface area contributed by atoms with Crippen molar-refractivity contribution in [2.24, 2.45) is 5.41 Å². The maximum atomic E-state index is 12.0. The van der Waals surface area contributed by atoms with Gasteiger partial charge in [-0.15, -0.1) is 6.42 Å². The molecule has 0 amide bonds.